The summed E-state index contributed by atoms with van der Waals surface area (Å²) in [6, 6.07) is 19.3. The summed E-state index contributed by atoms with van der Waals surface area (Å²) in [4.78, 5) is 23.4. The zero-order valence-corrected chi connectivity index (χ0v) is 18.5. The summed E-state index contributed by atoms with van der Waals surface area (Å²) < 4.78 is 28.9. The minimum absolute atomic E-state index is 0.0110. The molecular weight excluding hydrogens is 486 g/mol. The Bertz CT molecular complexity index is 1190. The van der Waals surface area contributed by atoms with Gasteiger partial charge in [-0.05, 0) is 42.3 Å². The van der Waals surface area contributed by atoms with E-state index in [0.717, 1.165) is 10.0 Å². The van der Waals surface area contributed by atoms with Crippen LogP contribution in [0.4, 0.5) is 11.4 Å². The highest BCUT2D eigenvalue weighted by molar-refractivity contribution is 9.10. The third-order valence-electron chi connectivity index (χ3n) is 4.34. The Balaban J connectivity index is 1.86. The lowest BCUT2D eigenvalue weighted by molar-refractivity contribution is -0.384. The van der Waals surface area contributed by atoms with E-state index in [1.165, 1.54) is 36.4 Å². The van der Waals surface area contributed by atoms with Crippen molar-refractivity contribution in [2.24, 2.45) is 0 Å². The van der Waals surface area contributed by atoms with Gasteiger partial charge in [0.1, 0.15) is 6.04 Å². The van der Waals surface area contributed by atoms with Crippen LogP contribution in [0, 0.1) is 10.1 Å². The first-order chi connectivity index (χ1) is 14.7. The fourth-order valence-corrected chi connectivity index (χ4v) is 4.29. The summed E-state index contributed by atoms with van der Waals surface area (Å²) in [7, 11) is -4.00. The number of nitro groups is 1. The lowest BCUT2D eigenvalue weighted by atomic mass is 10.1. The van der Waals surface area contributed by atoms with Crippen molar-refractivity contribution in [3.05, 3.63) is 99.0 Å². The van der Waals surface area contributed by atoms with Crippen LogP contribution in [0.2, 0.25) is 0 Å². The molecular formula is C21H18BrN3O5S. The van der Waals surface area contributed by atoms with E-state index in [4.69, 9.17) is 0 Å². The molecule has 3 aromatic carbocycles. The van der Waals surface area contributed by atoms with Crippen LogP contribution in [0.5, 0.6) is 0 Å². The molecule has 0 aliphatic heterocycles. The van der Waals surface area contributed by atoms with E-state index in [-0.39, 0.29) is 22.7 Å². The average molecular weight is 504 g/mol. The molecule has 3 rings (SSSR count). The maximum absolute atomic E-state index is 12.9. The standard InChI is InChI=1S/C21H18BrN3O5S/c22-16-9-11-19(12-10-16)31(29,30)24-20(13-15-5-2-1-3-6-15)21(26)23-17-7-4-8-18(14-17)25(27)28/h1-12,14,20,24H,13H2,(H,23,26)/t20-/m0/s1. The van der Waals surface area contributed by atoms with Gasteiger partial charge in [-0.25, -0.2) is 8.42 Å². The minimum atomic E-state index is -4.00. The van der Waals surface area contributed by atoms with Gasteiger partial charge in [0, 0.05) is 22.3 Å². The molecule has 0 aliphatic rings. The van der Waals surface area contributed by atoms with Crippen molar-refractivity contribution in [2.45, 2.75) is 17.4 Å². The topological polar surface area (TPSA) is 118 Å². The van der Waals surface area contributed by atoms with Crippen molar-refractivity contribution in [2.75, 3.05) is 5.32 Å². The number of benzene rings is 3. The Hall–Kier alpha value is -3.08. The highest BCUT2D eigenvalue weighted by Gasteiger charge is 2.26. The average Bonchev–Trinajstić information content (AvgIpc) is 2.74. The Morgan fingerprint density at radius 3 is 2.32 bits per heavy atom. The molecule has 0 fully saturated rings. The molecule has 0 bridgehead atoms. The zero-order valence-electron chi connectivity index (χ0n) is 16.1. The highest BCUT2D eigenvalue weighted by atomic mass is 79.9. The van der Waals surface area contributed by atoms with Gasteiger partial charge in [-0.2, -0.15) is 4.72 Å². The number of sulfonamides is 1. The molecule has 1 amide bonds. The second kappa shape index (κ2) is 9.82. The molecule has 8 nitrogen and oxygen atoms in total. The van der Waals surface area contributed by atoms with Crippen LogP contribution in [0.1, 0.15) is 5.56 Å². The lowest BCUT2D eigenvalue weighted by Crippen LogP contribution is -2.45. The number of hydrogen-bond donors (Lipinski definition) is 2. The van der Waals surface area contributed by atoms with Crippen molar-refractivity contribution >= 4 is 43.2 Å². The molecule has 0 radical (unpaired) electrons. The summed E-state index contributed by atoms with van der Waals surface area (Å²) >= 11 is 3.26. The summed E-state index contributed by atoms with van der Waals surface area (Å²) in [5.74, 6) is -0.634. The predicted octanol–water partition coefficient (Wildman–Crippen LogP) is 3.89. The van der Waals surface area contributed by atoms with Crippen LogP contribution in [-0.4, -0.2) is 25.3 Å². The summed E-state index contributed by atoms with van der Waals surface area (Å²) in [5.41, 5.74) is 0.758. The molecule has 2 N–H and O–H groups in total. The number of halogens is 1. The van der Waals surface area contributed by atoms with E-state index in [1.807, 2.05) is 6.07 Å². The Morgan fingerprint density at radius 2 is 1.68 bits per heavy atom. The van der Waals surface area contributed by atoms with E-state index in [1.54, 1.807) is 36.4 Å². The summed E-state index contributed by atoms with van der Waals surface area (Å²) in [6.45, 7) is 0. The second-order valence-corrected chi connectivity index (χ2v) is 9.24. The number of rotatable bonds is 8. The van der Waals surface area contributed by atoms with E-state index in [0.29, 0.717) is 0 Å². The van der Waals surface area contributed by atoms with Crippen LogP contribution >= 0.6 is 15.9 Å². The molecule has 0 aliphatic carbocycles. The van der Waals surface area contributed by atoms with Crippen molar-refractivity contribution in [3.8, 4) is 0 Å². The van der Waals surface area contributed by atoms with E-state index < -0.39 is 26.9 Å². The van der Waals surface area contributed by atoms with Crippen molar-refractivity contribution in [3.63, 3.8) is 0 Å². The number of hydrogen-bond acceptors (Lipinski definition) is 5. The van der Waals surface area contributed by atoms with E-state index in [9.17, 15) is 23.3 Å². The van der Waals surface area contributed by atoms with Gasteiger partial charge < -0.3 is 5.32 Å². The molecule has 0 saturated carbocycles. The maximum atomic E-state index is 12.9. The molecule has 160 valence electrons. The van der Waals surface area contributed by atoms with Crippen LogP contribution in [0.3, 0.4) is 0 Å². The van der Waals surface area contributed by atoms with Gasteiger partial charge >= 0.3 is 0 Å². The molecule has 1 atom stereocenters. The Labute approximate surface area is 187 Å². The largest absolute Gasteiger partial charge is 0.324 e. The van der Waals surface area contributed by atoms with Gasteiger partial charge in [-0.1, -0.05) is 52.3 Å². The molecule has 31 heavy (non-hydrogen) atoms. The SMILES string of the molecule is O=C(Nc1cccc([N+](=O)[O-])c1)[C@H](Cc1ccccc1)NS(=O)(=O)c1ccc(Br)cc1. The number of nitrogens with zero attached hydrogens (tertiary/aromatic N) is 1. The fourth-order valence-electron chi connectivity index (χ4n) is 2.83. The quantitative estimate of drug-likeness (QED) is 0.357. The third-order valence-corrected chi connectivity index (χ3v) is 6.36. The molecule has 0 aromatic heterocycles. The van der Waals surface area contributed by atoms with Gasteiger partial charge in [0.15, 0.2) is 0 Å². The summed E-state index contributed by atoms with van der Waals surface area (Å²) in [5, 5.41) is 13.5. The zero-order chi connectivity index (χ0) is 22.4. The van der Waals surface area contributed by atoms with E-state index in [2.05, 4.69) is 26.0 Å². The first-order valence-electron chi connectivity index (χ1n) is 9.12. The Morgan fingerprint density at radius 1 is 1.00 bits per heavy atom. The number of non-ortho nitro benzene ring substituents is 1. The monoisotopic (exact) mass is 503 g/mol. The number of carbonyl (C=O) groups is 1. The van der Waals surface area contributed by atoms with Crippen LogP contribution in [0.25, 0.3) is 0 Å². The third kappa shape index (κ3) is 6.20. The molecule has 0 heterocycles. The van der Waals surface area contributed by atoms with Gasteiger partial charge in [0.05, 0.1) is 9.82 Å². The number of nitro benzene ring substituents is 1. The first-order valence-corrected chi connectivity index (χ1v) is 11.4. The number of amides is 1. The second-order valence-electron chi connectivity index (χ2n) is 6.61. The van der Waals surface area contributed by atoms with Crippen molar-refractivity contribution in [1.82, 2.24) is 4.72 Å². The Kier molecular flexibility index (Phi) is 7.16. The maximum Gasteiger partial charge on any atom is 0.271 e. The lowest BCUT2D eigenvalue weighted by Gasteiger charge is -2.19. The van der Waals surface area contributed by atoms with Gasteiger partial charge in [-0.15, -0.1) is 0 Å². The van der Waals surface area contributed by atoms with Crippen LogP contribution in [0.15, 0.2) is 88.2 Å². The predicted molar refractivity (Wildman–Crippen MR) is 120 cm³/mol. The number of anilines is 1. The minimum Gasteiger partial charge on any atom is -0.324 e. The molecule has 0 saturated heterocycles. The molecule has 0 unspecified atom stereocenters. The van der Waals surface area contributed by atoms with Gasteiger partial charge in [0.2, 0.25) is 15.9 Å². The number of carbonyl (C=O) groups excluding carboxylic acids is 1. The van der Waals surface area contributed by atoms with Crippen molar-refractivity contribution in [1.29, 1.82) is 0 Å². The van der Waals surface area contributed by atoms with E-state index >= 15 is 0 Å². The smallest absolute Gasteiger partial charge is 0.271 e. The molecule has 0 spiro atoms. The fraction of sp³-hybridized carbons (Fsp3) is 0.0952. The highest BCUT2D eigenvalue weighted by Crippen LogP contribution is 2.19. The molecule has 3 aromatic rings. The van der Waals surface area contributed by atoms with Crippen LogP contribution < -0.4 is 10.0 Å². The normalized spacial score (nSPS) is 12.2. The van der Waals surface area contributed by atoms with Gasteiger partial charge in [-0.3, -0.25) is 14.9 Å². The summed E-state index contributed by atoms with van der Waals surface area (Å²) in [6.07, 6.45) is 0.0946. The molecule has 10 heteroatoms. The van der Waals surface area contributed by atoms with Gasteiger partial charge in [0.25, 0.3) is 5.69 Å². The number of nitrogens with one attached hydrogen (secondary N) is 2. The van der Waals surface area contributed by atoms with Crippen LogP contribution in [-0.2, 0) is 21.2 Å². The van der Waals surface area contributed by atoms with Crippen molar-refractivity contribution < 1.29 is 18.1 Å². The first kappa shape index (κ1) is 22.6.